The van der Waals surface area contributed by atoms with E-state index in [0.717, 1.165) is 5.56 Å². The number of aryl methyl sites for hydroxylation is 1. The first-order valence-corrected chi connectivity index (χ1v) is 5.54. The molecule has 0 spiro atoms. The number of nitrogens with one attached hydrogen (secondary N) is 1. The minimum Gasteiger partial charge on any atom is -0.480 e. The number of para-hydroxylation sites is 1. The summed E-state index contributed by atoms with van der Waals surface area (Å²) in [7, 11) is 1.79. The van der Waals surface area contributed by atoms with Crippen molar-refractivity contribution < 1.29 is 13.5 Å². The molecule has 2 aromatic rings. The lowest BCUT2D eigenvalue weighted by Gasteiger charge is -2.10. The summed E-state index contributed by atoms with van der Waals surface area (Å²) in [4.78, 5) is 0. The zero-order chi connectivity index (χ0) is 13.0. The Morgan fingerprint density at radius 1 is 1.39 bits per heavy atom. The fourth-order valence-electron chi connectivity index (χ4n) is 1.57. The van der Waals surface area contributed by atoms with E-state index in [1.807, 2.05) is 0 Å². The van der Waals surface area contributed by atoms with Gasteiger partial charge < -0.3 is 14.5 Å². The van der Waals surface area contributed by atoms with Gasteiger partial charge in [-0.1, -0.05) is 12.1 Å². The monoisotopic (exact) mass is 251 g/mol. The summed E-state index contributed by atoms with van der Waals surface area (Å²) in [6.07, 6.45) is 0. The number of hydrogen-bond donors (Lipinski definition) is 1. The van der Waals surface area contributed by atoms with Gasteiger partial charge in [-0.15, -0.1) is 10.2 Å². The molecular formula is C12H14FN3O2. The third-order valence-electron chi connectivity index (χ3n) is 2.32. The highest BCUT2D eigenvalue weighted by Gasteiger charge is 2.11. The molecule has 0 fully saturated rings. The summed E-state index contributed by atoms with van der Waals surface area (Å²) in [5, 5.41) is 10.4. The molecule has 1 N–H and O–H groups in total. The van der Waals surface area contributed by atoms with Gasteiger partial charge in [-0.05, 0) is 13.1 Å². The lowest BCUT2D eigenvalue weighted by Crippen LogP contribution is -2.08. The Labute approximate surface area is 104 Å². The van der Waals surface area contributed by atoms with Crippen molar-refractivity contribution >= 4 is 0 Å². The minimum absolute atomic E-state index is 0.0541. The van der Waals surface area contributed by atoms with Gasteiger partial charge in [-0.25, -0.2) is 4.39 Å². The molecule has 0 atom stereocenters. The van der Waals surface area contributed by atoms with E-state index in [4.69, 9.17) is 9.15 Å². The Hall–Kier alpha value is -1.95. The van der Waals surface area contributed by atoms with Crippen LogP contribution in [-0.2, 0) is 13.2 Å². The highest BCUT2D eigenvalue weighted by molar-refractivity contribution is 5.34. The van der Waals surface area contributed by atoms with Crippen LogP contribution in [0.25, 0.3) is 0 Å². The van der Waals surface area contributed by atoms with E-state index < -0.39 is 5.82 Å². The van der Waals surface area contributed by atoms with Crippen LogP contribution in [0.15, 0.2) is 22.6 Å². The largest absolute Gasteiger partial charge is 0.480 e. The van der Waals surface area contributed by atoms with Crippen LogP contribution in [0.1, 0.15) is 17.3 Å². The Morgan fingerprint density at radius 2 is 2.22 bits per heavy atom. The predicted molar refractivity (Wildman–Crippen MR) is 62.5 cm³/mol. The van der Waals surface area contributed by atoms with Gasteiger partial charge in [-0.3, -0.25) is 0 Å². The molecule has 0 saturated carbocycles. The van der Waals surface area contributed by atoms with Crippen LogP contribution in [0.4, 0.5) is 4.39 Å². The van der Waals surface area contributed by atoms with Gasteiger partial charge in [0.2, 0.25) is 5.89 Å². The highest BCUT2D eigenvalue weighted by atomic mass is 19.1. The molecule has 18 heavy (non-hydrogen) atoms. The van der Waals surface area contributed by atoms with Gasteiger partial charge in [0.25, 0.3) is 5.89 Å². The lowest BCUT2D eigenvalue weighted by molar-refractivity contribution is 0.247. The molecule has 5 nitrogen and oxygen atoms in total. The Morgan fingerprint density at radius 3 is 2.89 bits per heavy atom. The molecule has 96 valence electrons. The average molecular weight is 251 g/mol. The van der Waals surface area contributed by atoms with Crippen LogP contribution in [0.2, 0.25) is 0 Å². The van der Waals surface area contributed by atoms with Crippen LogP contribution in [0.3, 0.4) is 0 Å². The van der Waals surface area contributed by atoms with Gasteiger partial charge in [0.15, 0.2) is 18.2 Å². The van der Waals surface area contributed by atoms with Crippen LogP contribution in [0, 0.1) is 12.7 Å². The quantitative estimate of drug-likeness (QED) is 0.878. The van der Waals surface area contributed by atoms with Crippen molar-refractivity contribution in [1.82, 2.24) is 15.5 Å². The number of rotatable bonds is 5. The van der Waals surface area contributed by atoms with Gasteiger partial charge in [0, 0.05) is 19.0 Å². The topological polar surface area (TPSA) is 60.2 Å². The van der Waals surface area contributed by atoms with Crippen molar-refractivity contribution in [2.45, 2.75) is 20.1 Å². The second-order valence-electron chi connectivity index (χ2n) is 3.76. The molecule has 0 amide bonds. The van der Waals surface area contributed by atoms with Gasteiger partial charge >= 0.3 is 0 Å². The number of hydrogen-bond acceptors (Lipinski definition) is 5. The van der Waals surface area contributed by atoms with Crippen molar-refractivity contribution in [3.05, 3.63) is 41.4 Å². The number of aromatic nitrogens is 2. The molecule has 1 aromatic heterocycles. The summed E-state index contributed by atoms with van der Waals surface area (Å²) >= 11 is 0. The second-order valence-corrected chi connectivity index (χ2v) is 3.76. The molecule has 0 aliphatic heterocycles. The molecule has 0 aliphatic rings. The third kappa shape index (κ3) is 2.84. The second kappa shape index (κ2) is 5.59. The first kappa shape index (κ1) is 12.5. The highest BCUT2D eigenvalue weighted by Crippen LogP contribution is 2.23. The van der Waals surface area contributed by atoms with E-state index in [-0.39, 0.29) is 12.4 Å². The van der Waals surface area contributed by atoms with E-state index in [0.29, 0.717) is 18.3 Å². The SMILES string of the molecule is CNCc1cccc(F)c1OCc1nnc(C)o1. The Balaban J connectivity index is 2.12. The number of benzene rings is 1. The smallest absolute Gasteiger partial charge is 0.253 e. The van der Waals surface area contributed by atoms with Crippen molar-refractivity contribution in [2.75, 3.05) is 7.05 Å². The van der Waals surface area contributed by atoms with Crippen molar-refractivity contribution in [3.8, 4) is 5.75 Å². The van der Waals surface area contributed by atoms with Crippen LogP contribution in [-0.4, -0.2) is 17.2 Å². The maximum absolute atomic E-state index is 13.7. The number of nitrogens with zero attached hydrogens (tertiary/aromatic N) is 2. The Bertz CT molecular complexity index is 528. The van der Waals surface area contributed by atoms with Crippen molar-refractivity contribution in [2.24, 2.45) is 0 Å². The Kier molecular flexibility index (Phi) is 3.88. The number of halogens is 1. The summed E-state index contributed by atoms with van der Waals surface area (Å²) in [5.41, 5.74) is 0.744. The molecule has 6 heteroatoms. The first-order chi connectivity index (χ1) is 8.70. The van der Waals surface area contributed by atoms with E-state index in [9.17, 15) is 4.39 Å². The zero-order valence-corrected chi connectivity index (χ0v) is 10.2. The molecule has 1 aromatic carbocycles. The summed E-state index contributed by atoms with van der Waals surface area (Å²) < 4.78 is 24.2. The molecular weight excluding hydrogens is 237 g/mol. The predicted octanol–water partition coefficient (Wildman–Crippen LogP) is 1.82. The van der Waals surface area contributed by atoms with E-state index in [1.54, 1.807) is 26.1 Å². The van der Waals surface area contributed by atoms with E-state index >= 15 is 0 Å². The van der Waals surface area contributed by atoms with Gasteiger partial charge in [0.1, 0.15) is 0 Å². The minimum atomic E-state index is -0.404. The first-order valence-electron chi connectivity index (χ1n) is 5.54. The molecule has 2 rings (SSSR count). The molecule has 0 radical (unpaired) electrons. The number of ether oxygens (including phenoxy) is 1. The average Bonchev–Trinajstić information content (AvgIpc) is 2.75. The van der Waals surface area contributed by atoms with E-state index in [1.165, 1.54) is 6.07 Å². The van der Waals surface area contributed by atoms with Gasteiger partial charge in [0.05, 0.1) is 0 Å². The summed E-state index contributed by atoms with van der Waals surface area (Å²) in [5.74, 6) is 0.588. The maximum Gasteiger partial charge on any atom is 0.253 e. The lowest BCUT2D eigenvalue weighted by atomic mass is 10.2. The van der Waals surface area contributed by atoms with E-state index in [2.05, 4.69) is 15.5 Å². The molecule has 0 saturated heterocycles. The van der Waals surface area contributed by atoms with Crippen molar-refractivity contribution in [3.63, 3.8) is 0 Å². The fraction of sp³-hybridized carbons (Fsp3) is 0.333. The molecule has 0 aliphatic carbocycles. The molecule has 0 bridgehead atoms. The van der Waals surface area contributed by atoms with Gasteiger partial charge in [-0.2, -0.15) is 0 Å². The molecule has 1 heterocycles. The maximum atomic E-state index is 13.7. The zero-order valence-electron chi connectivity index (χ0n) is 10.2. The summed E-state index contributed by atoms with van der Waals surface area (Å²) in [6.45, 7) is 2.26. The fourth-order valence-corrected chi connectivity index (χ4v) is 1.57. The molecule has 0 unspecified atom stereocenters. The van der Waals surface area contributed by atoms with Crippen LogP contribution < -0.4 is 10.1 Å². The van der Waals surface area contributed by atoms with Crippen LogP contribution >= 0.6 is 0 Å². The third-order valence-corrected chi connectivity index (χ3v) is 2.32. The normalized spacial score (nSPS) is 10.6. The van der Waals surface area contributed by atoms with Crippen LogP contribution in [0.5, 0.6) is 5.75 Å². The summed E-state index contributed by atoms with van der Waals surface area (Å²) in [6, 6.07) is 4.80. The van der Waals surface area contributed by atoms with Crippen molar-refractivity contribution in [1.29, 1.82) is 0 Å². The standard InChI is InChI=1S/C12H14FN3O2/c1-8-15-16-11(18-8)7-17-12-9(6-14-2)4-3-5-10(12)13/h3-5,14H,6-7H2,1-2H3.